The van der Waals surface area contributed by atoms with Crippen LogP contribution in [0.2, 0.25) is 0 Å². The number of anilines is 2. The molecule has 7 rings (SSSR count). The number of imidazole rings is 1. The van der Waals surface area contributed by atoms with Crippen molar-refractivity contribution in [1.82, 2.24) is 19.5 Å². The minimum atomic E-state index is -1.50. The summed E-state index contributed by atoms with van der Waals surface area (Å²) in [6.45, 7) is -0.223. The summed E-state index contributed by atoms with van der Waals surface area (Å²) in [6, 6.07) is 36.6. The maximum atomic E-state index is 14.3. The Morgan fingerprint density at radius 1 is 0.867 bits per heavy atom. The van der Waals surface area contributed by atoms with Crippen molar-refractivity contribution in [1.29, 1.82) is 0 Å². The van der Waals surface area contributed by atoms with Crippen molar-refractivity contribution in [3.8, 4) is 0 Å². The van der Waals surface area contributed by atoms with E-state index in [1.807, 2.05) is 103 Å². The van der Waals surface area contributed by atoms with Crippen LogP contribution in [0.3, 0.4) is 0 Å². The van der Waals surface area contributed by atoms with Gasteiger partial charge in [0.05, 0.1) is 19.0 Å². The molecule has 0 radical (unpaired) electrons. The van der Waals surface area contributed by atoms with Gasteiger partial charge in [-0.15, -0.1) is 0 Å². The van der Waals surface area contributed by atoms with Crippen molar-refractivity contribution in [3.05, 3.63) is 150 Å². The molecule has 5 N–H and O–H groups in total. The zero-order valence-corrected chi connectivity index (χ0v) is 24.5. The van der Waals surface area contributed by atoms with Crippen LogP contribution in [-0.4, -0.2) is 43.1 Å². The Morgan fingerprint density at radius 3 is 2.09 bits per heavy atom. The standard InChI is InChI=1S/C36H32N6O3/c37-28-18-10-17-27(21-28)36(25-13-6-2-7-14-25,26-15-8-3-9-16-26)34-40-32(38)30-33(41-34)42(23-39-30)35(20-19-29(22-43)45-35)31(44)24-11-4-1-5-12-24/h1-18,21,23,29,43H,19-20,22,37H2,(H2,38,40,41)/t29-,35-/m0/s1. The summed E-state index contributed by atoms with van der Waals surface area (Å²) in [7, 11) is 0. The quantitative estimate of drug-likeness (QED) is 0.125. The number of nitrogens with zero attached hydrogens (tertiary/aromatic N) is 4. The zero-order chi connectivity index (χ0) is 31.0. The van der Waals surface area contributed by atoms with E-state index in [1.54, 1.807) is 16.7 Å². The van der Waals surface area contributed by atoms with Crippen LogP contribution in [0.5, 0.6) is 0 Å². The maximum absolute atomic E-state index is 14.3. The van der Waals surface area contributed by atoms with Gasteiger partial charge in [0.1, 0.15) is 10.9 Å². The molecule has 1 aliphatic rings. The van der Waals surface area contributed by atoms with Crippen molar-refractivity contribution in [3.63, 3.8) is 0 Å². The van der Waals surface area contributed by atoms with E-state index in [4.69, 9.17) is 26.2 Å². The lowest BCUT2D eigenvalue weighted by atomic mass is 9.68. The van der Waals surface area contributed by atoms with Crippen molar-refractivity contribution in [2.24, 2.45) is 0 Å². The Balaban J connectivity index is 1.54. The number of carbonyl (C=O) groups excluding carboxylic acids is 1. The monoisotopic (exact) mass is 596 g/mol. The summed E-state index contributed by atoms with van der Waals surface area (Å²) in [5, 5.41) is 10.0. The maximum Gasteiger partial charge on any atom is 0.215 e. The molecule has 9 heteroatoms. The Labute approximate surface area is 260 Å². The molecule has 9 nitrogen and oxygen atoms in total. The predicted molar refractivity (Wildman–Crippen MR) is 172 cm³/mol. The summed E-state index contributed by atoms with van der Waals surface area (Å²) in [4.78, 5) is 29.0. The first kappa shape index (κ1) is 28.4. The molecule has 0 saturated carbocycles. The highest BCUT2D eigenvalue weighted by Gasteiger charge is 2.50. The number of nitrogens with two attached hydrogens (primary N) is 2. The molecular formula is C36H32N6O3. The van der Waals surface area contributed by atoms with Gasteiger partial charge < -0.3 is 21.3 Å². The number of aliphatic hydroxyl groups excluding tert-OH is 1. The largest absolute Gasteiger partial charge is 0.399 e. The Hall–Kier alpha value is -5.38. The summed E-state index contributed by atoms with van der Waals surface area (Å²) in [5.41, 5.74) is 14.9. The second-order valence-electron chi connectivity index (χ2n) is 11.3. The van der Waals surface area contributed by atoms with Crippen LogP contribution >= 0.6 is 0 Å². The molecule has 224 valence electrons. The SMILES string of the molecule is Nc1cccc(C(c2ccccc2)(c2ccccc2)c2nc(N)c3ncn([C@@]4(C(=O)c5ccccc5)CC[C@@H](CO)O4)c3n2)c1. The zero-order valence-electron chi connectivity index (χ0n) is 24.5. The topological polar surface area (TPSA) is 142 Å². The molecule has 1 saturated heterocycles. The van der Waals surface area contributed by atoms with Crippen LogP contribution < -0.4 is 11.5 Å². The van der Waals surface area contributed by atoms with Gasteiger partial charge in [0, 0.05) is 17.7 Å². The first-order valence-electron chi connectivity index (χ1n) is 14.8. The summed E-state index contributed by atoms with van der Waals surface area (Å²) in [5.74, 6) is 0.287. The first-order chi connectivity index (χ1) is 22.0. The lowest BCUT2D eigenvalue weighted by molar-refractivity contribution is -0.0812. The van der Waals surface area contributed by atoms with Gasteiger partial charge in [-0.2, -0.15) is 0 Å². The van der Waals surface area contributed by atoms with E-state index in [0.29, 0.717) is 41.1 Å². The smallest absolute Gasteiger partial charge is 0.215 e. The van der Waals surface area contributed by atoms with Crippen molar-refractivity contribution in [2.75, 3.05) is 18.1 Å². The molecule has 3 heterocycles. The van der Waals surface area contributed by atoms with E-state index < -0.39 is 17.2 Å². The van der Waals surface area contributed by atoms with Crippen molar-refractivity contribution >= 4 is 28.5 Å². The lowest BCUT2D eigenvalue weighted by Crippen LogP contribution is -2.42. The third-order valence-electron chi connectivity index (χ3n) is 8.64. The molecule has 1 fully saturated rings. The average molecular weight is 597 g/mol. The first-order valence-corrected chi connectivity index (χ1v) is 14.8. The number of carbonyl (C=O) groups is 1. The van der Waals surface area contributed by atoms with Crippen LogP contribution in [0.4, 0.5) is 11.5 Å². The number of fused-ring (bicyclic) bond motifs is 1. The number of aromatic nitrogens is 4. The van der Waals surface area contributed by atoms with Crippen LogP contribution in [0.1, 0.15) is 45.7 Å². The predicted octanol–water partition coefficient (Wildman–Crippen LogP) is 5.08. The number of nitrogen functional groups attached to an aromatic ring is 2. The van der Waals surface area contributed by atoms with Crippen molar-refractivity contribution < 1.29 is 14.6 Å². The molecule has 6 aromatic rings. The molecule has 0 amide bonds. The van der Waals surface area contributed by atoms with Crippen LogP contribution in [0, 0.1) is 0 Å². The van der Waals surface area contributed by atoms with Gasteiger partial charge in [-0.1, -0.05) is 103 Å². The third kappa shape index (κ3) is 4.56. The highest BCUT2D eigenvalue weighted by atomic mass is 16.5. The van der Waals surface area contributed by atoms with E-state index in [9.17, 15) is 9.90 Å². The van der Waals surface area contributed by atoms with Gasteiger partial charge in [0.2, 0.25) is 11.5 Å². The Kier molecular flexibility index (Phi) is 7.12. The molecule has 0 unspecified atom stereocenters. The fraction of sp³-hybridized carbons (Fsp3) is 0.167. The highest BCUT2D eigenvalue weighted by molar-refractivity contribution is 6.02. The van der Waals surface area contributed by atoms with Gasteiger partial charge in [0.25, 0.3) is 0 Å². The van der Waals surface area contributed by atoms with E-state index in [-0.39, 0.29) is 18.2 Å². The third-order valence-corrected chi connectivity index (χ3v) is 8.64. The number of rotatable bonds is 8. The van der Waals surface area contributed by atoms with Crippen LogP contribution in [0.15, 0.2) is 122 Å². The second kappa shape index (κ2) is 11.3. The molecule has 45 heavy (non-hydrogen) atoms. The van der Waals surface area contributed by atoms with Gasteiger partial charge in [-0.25, -0.2) is 15.0 Å². The van der Waals surface area contributed by atoms with E-state index in [2.05, 4.69) is 4.98 Å². The summed E-state index contributed by atoms with van der Waals surface area (Å²) < 4.78 is 8.07. The number of hydrogen-bond acceptors (Lipinski definition) is 8. The second-order valence-corrected chi connectivity index (χ2v) is 11.3. The van der Waals surface area contributed by atoms with Crippen LogP contribution in [-0.2, 0) is 15.9 Å². The number of aliphatic hydroxyl groups is 1. The minimum absolute atomic E-state index is 0.160. The van der Waals surface area contributed by atoms with E-state index in [1.165, 1.54) is 6.33 Å². The van der Waals surface area contributed by atoms with E-state index in [0.717, 1.165) is 16.7 Å². The minimum Gasteiger partial charge on any atom is -0.399 e. The normalized spacial score (nSPS) is 18.3. The van der Waals surface area contributed by atoms with Gasteiger partial charge in [-0.05, 0) is 35.2 Å². The number of benzene rings is 4. The number of hydrogen-bond donors (Lipinski definition) is 3. The van der Waals surface area contributed by atoms with Crippen molar-refractivity contribution in [2.45, 2.75) is 30.1 Å². The molecule has 1 aliphatic heterocycles. The molecule has 0 spiro atoms. The average Bonchev–Trinajstić information content (AvgIpc) is 3.72. The Morgan fingerprint density at radius 2 is 1.49 bits per heavy atom. The molecular weight excluding hydrogens is 564 g/mol. The molecule has 4 aromatic carbocycles. The van der Waals surface area contributed by atoms with Crippen LogP contribution in [0.25, 0.3) is 11.2 Å². The van der Waals surface area contributed by atoms with Gasteiger partial charge >= 0.3 is 0 Å². The number of Topliss-reactive ketones (excluding diaryl/α,β-unsaturated/α-hetero) is 1. The van der Waals surface area contributed by atoms with Gasteiger partial charge in [0.15, 0.2) is 17.3 Å². The summed E-state index contributed by atoms with van der Waals surface area (Å²) >= 11 is 0. The number of ether oxygens (including phenoxy) is 1. The number of ketones is 1. The molecule has 0 aliphatic carbocycles. The fourth-order valence-corrected chi connectivity index (χ4v) is 6.54. The van der Waals surface area contributed by atoms with E-state index >= 15 is 0 Å². The molecule has 2 aromatic heterocycles. The fourth-order valence-electron chi connectivity index (χ4n) is 6.54. The molecule has 0 bridgehead atoms. The highest BCUT2D eigenvalue weighted by Crippen LogP contribution is 2.46. The lowest BCUT2D eigenvalue weighted by Gasteiger charge is -2.35. The summed E-state index contributed by atoms with van der Waals surface area (Å²) in [6.07, 6.45) is 1.79. The molecule has 2 atom stereocenters. The van der Waals surface area contributed by atoms with Gasteiger partial charge in [-0.3, -0.25) is 9.36 Å². The Bertz CT molecular complexity index is 1940.